The molecule has 1 N–H and O–H groups in total. The first-order valence-corrected chi connectivity index (χ1v) is 8.49. The van der Waals surface area contributed by atoms with Gasteiger partial charge in [0, 0.05) is 18.9 Å². The number of fused-ring (bicyclic) bond motifs is 1. The summed E-state index contributed by atoms with van der Waals surface area (Å²) in [5.41, 5.74) is 0.827. The van der Waals surface area contributed by atoms with E-state index in [1.807, 2.05) is 24.3 Å². The molecule has 0 atom stereocenters. The van der Waals surface area contributed by atoms with E-state index in [1.54, 1.807) is 16.3 Å². The van der Waals surface area contributed by atoms with Crippen LogP contribution in [0.1, 0.15) is 32.6 Å². The molecule has 0 bridgehead atoms. The fourth-order valence-corrected chi connectivity index (χ4v) is 3.26. The van der Waals surface area contributed by atoms with Crippen LogP contribution in [0.3, 0.4) is 0 Å². The van der Waals surface area contributed by atoms with Crippen LogP contribution >= 0.6 is 11.8 Å². The maximum atomic E-state index is 12.6. The molecule has 1 aromatic carbocycles. The number of hydrogen-bond acceptors (Lipinski definition) is 4. The van der Waals surface area contributed by atoms with Crippen LogP contribution in [-0.4, -0.2) is 27.0 Å². The zero-order valence-electron chi connectivity index (χ0n) is 12.4. The highest BCUT2D eigenvalue weighted by Gasteiger charge is 2.10. The number of thioether (sulfide) groups is 1. The summed E-state index contributed by atoms with van der Waals surface area (Å²) in [5, 5.41) is 10.3. The maximum absolute atomic E-state index is 12.6. The maximum Gasteiger partial charge on any atom is 0.262 e. The molecule has 0 unspecified atom stereocenters. The molecule has 0 amide bonds. The zero-order chi connectivity index (χ0) is 15.1. The molecule has 0 radical (unpaired) electrons. The van der Waals surface area contributed by atoms with Gasteiger partial charge in [0.15, 0.2) is 5.16 Å². The molecule has 0 aliphatic carbocycles. The molecule has 0 saturated heterocycles. The van der Waals surface area contributed by atoms with Crippen molar-refractivity contribution < 1.29 is 5.11 Å². The third kappa shape index (κ3) is 4.08. The lowest BCUT2D eigenvalue weighted by atomic mass is 10.2. The Morgan fingerprint density at radius 1 is 1.24 bits per heavy atom. The molecule has 1 heterocycles. The number of rotatable bonds is 8. The quantitative estimate of drug-likeness (QED) is 0.463. The van der Waals surface area contributed by atoms with Gasteiger partial charge in [0.05, 0.1) is 10.9 Å². The van der Waals surface area contributed by atoms with Crippen LogP contribution in [0, 0.1) is 0 Å². The first kappa shape index (κ1) is 16.0. The second-order valence-electron chi connectivity index (χ2n) is 5.00. The number of nitrogens with zero attached hydrogens (tertiary/aromatic N) is 2. The molecular weight excluding hydrogens is 284 g/mol. The van der Waals surface area contributed by atoms with E-state index in [1.165, 1.54) is 0 Å². The number of benzene rings is 1. The highest BCUT2D eigenvalue weighted by Crippen LogP contribution is 2.19. The van der Waals surface area contributed by atoms with Crippen molar-refractivity contribution in [2.75, 3.05) is 12.4 Å². The summed E-state index contributed by atoms with van der Waals surface area (Å²) in [7, 11) is 0. The van der Waals surface area contributed by atoms with E-state index in [4.69, 9.17) is 5.11 Å². The fraction of sp³-hybridized carbons (Fsp3) is 0.500. The second-order valence-corrected chi connectivity index (χ2v) is 6.06. The minimum absolute atomic E-state index is 0.0558. The Morgan fingerprint density at radius 3 is 2.81 bits per heavy atom. The van der Waals surface area contributed by atoms with Crippen LogP contribution < -0.4 is 5.56 Å². The molecule has 2 aromatic rings. The Hall–Kier alpha value is -1.33. The molecule has 114 valence electrons. The summed E-state index contributed by atoms with van der Waals surface area (Å²) in [5.74, 6) is 0.925. The third-order valence-corrected chi connectivity index (χ3v) is 4.37. The molecule has 0 aliphatic heterocycles. The van der Waals surface area contributed by atoms with Crippen molar-refractivity contribution >= 4 is 22.7 Å². The van der Waals surface area contributed by atoms with Gasteiger partial charge in [0.1, 0.15) is 0 Å². The molecule has 0 spiro atoms. The molecule has 5 heteroatoms. The standard InChI is InChI=1S/C16H22N2O2S/c1-2-10-18-15(20)13-8-4-5-9-14(13)17-16(18)21-12-7-3-6-11-19/h4-5,8-9,19H,2-3,6-7,10-12H2,1H3. The van der Waals surface area contributed by atoms with Crippen LogP contribution in [0.15, 0.2) is 34.2 Å². The Morgan fingerprint density at radius 2 is 2.05 bits per heavy atom. The van der Waals surface area contributed by atoms with Crippen molar-refractivity contribution in [2.24, 2.45) is 0 Å². The fourth-order valence-electron chi connectivity index (χ4n) is 2.23. The van der Waals surface area contributed by atoms with Gasteiger partial charge in [-0.15, -0.1) is 0 Å². The van der Waals surface area contributed by atoms with Crippen molar-refractivity contribution in [2.45, 2.75) is 44.3 Å². The van der Waals surface area contributed by atoms with E-state index in [0.717, 1.165) is 42.1 Å². The lowest BCUT2D eigenvalue weighted by Gasteiger charge is -2.12. The van der Waals surface area contributed by atoms with Crippen LogP contribution in [0.5, 0.6) is 0 Å². The zero-order valence-corrected chi connectivity index (χ0v) is 13.2. The predicted octanol–water partition coefficient (Wildman–Crippen LogP) is 3.06. The largest absolute Gasteiger partial charge is 0.396 e. The Kier molecular flexibility index (Phi) is 6.26. The lowest BCUT2D eigenvalue weighted by Crippen LogP contribution is -2.23. The van der Waals surface area contributed by atoms with Crippen LogP contribution in [-0.2, 0) is 6.54 Å². The van der Waals surface area contributed by atoms with Crippen molar-refractivity contribution in [1.29, 1.82) is 0 Å². The summed E-state index contributed by atoms with van der Waals surface area (Å²) in [4.78, 5) is 17.2. The summed E-state index contributed by atoms with van der Waals surface area (Å²) in [6.07, 6.45) is 3.79. The minimum Gasteiger partial charge on any atom is -0.396 e. The predicted molar refractivity (Wildman–Crippen MR) is 88.0 cm³/mol. The number of unbranched alkanes of at least 4 members (excludes halogenated alkanes) is 2. The first-order chi connectivity index (χ1) is 10.3. The molecule has 4 nitrogen and oxygen atoms in total. The molecule has 2 rings (SSSR count). The second kappa shape index (κ2) is 8.20. The van der Waals surface area contributed by atoms with Crippen LogP contribution in [0.4, 0.5) is 0 Å². The summed E-state index contributed by atoms with van der Waals surface area (Å²) in [6, 6.07) is 7.52. The number of aliphatic hydroxyl groups is 1. The molecule has 1 aromatic heterocycles. The van der Waals surface area contributed by atoms with E-state index >= 15 is 0 Å². The third-order valence-electron chi connectivity index (χ3n) is 3.31. The van der Waals surface area contributed by atoms with Gasteiger partial charge in [-0.3, -0.25) is 9.36 Å². The van der Waals surface area contributed by atoms with Gasteiger partial charge >= 0.3 is 0 Å². The van der Waals surface area contributed by atoms with Crippen LogP contribution in [0.2, 0.25) is 0 Å². The highest BCUT2D eigenvalue weighted by molar-refractivity contribution is 7.99. The van der Waals surface area contributed by atoms with Gasteiger partial charge in [-0.05, 0) is 31.4 Å². The summed E-state index contributed by atoms with van der Waals surface area (Å²) < 4.78 is 1.79. The average molecular weight is 306 g/mol. The highest BCUT2D eigenvalue weighted by atomic mass is 32.2. The van der Waals surface area contributed by atoms with Gasteiger partial charge in [-0.1, -0.05) is 37.2 Å². The van der Waals surface area contributed by atoms with Crippen molar-refractivity contribution in [1.82, 2.24) is 9.55 Å². The molecule has 0 fully saturated rings. The van der Waals surface area contributed by atoms with Crippen LogP contribution in [0.25, 0.3) is 10.9 Å². The topological polar surface area (TPSA) is 55.1 Å². The Balaban J connectivity index is 2.23. The normalized spacial score (nSPS) is 11.1. The number of para-hydroxylation sites is 1. The van der Waals surface area contributed by atoms with E-state index in [-0.39, 0.29) is 12.2 Å². The number of hydrogen-bond donors (Lipinski definition) is 1. The SMILES string of the molecule is CCCn1c(SCCCCCO)nc2ccccc2c1=O. The average Bonchev–Trinajstić information content (AvgIpc) is 2.51. The van der Waals surface area contributed by atoms with E-state index in [2.05, 4.69) is 11.9 Å². The number of aromatic nitrogens is 2. The van der Waals surface area contributed by atoms with Gasteiger partial charge < -0.3 is 5.11 Å². The number of aliphatic hydroxyl groups excluding tert-OH is 1. The van der Waals surface area contributed by atoms with Gasteiger partial charge in [-0.25, -0.2) is 4.98 Å². The van der Waals surface area contributed by atoms with Gasteiger partial charge in [0.2, 0.25) is 0 Å². The minimum atomic E-state index is 0.0558. The van der Waals surface area contributed by atoms with E-state index in [9.17, 15) is 4.79 Å². The Labute approximate surface area is 129 Å². The smallest absolute Gasteiger partial charge is 0.262 e. The van der Waals surface area contributed by atoms with Crippen molar-refractivity contribution in [3.63, 3.8) is 0 Å². The monoisotopic (exact) mass is 306 g/mol. The summed E-state index contributed by atoms with van der Waals surface area (Å²) >= 11 is 1.64. The van der Waals surface area contributed by atoms with Crippen molar-refractivity contribution in [3.05, 3.63) is 34.6 Å². The molecule has 0 aliphatic rings. The van der Waals surface area contributed by atoms with E-state index < -0.39 is 0 Å². The molecule has 21 heavy (non-hydrogen) atoms. The van der Waals surface area contributed by atoms with Gasteiger partial charge in [0.25, 0.3) is 5.56 Å². The van der Waals surface area contributed by atoms with Gasteiger partial charge in [-0.2, -0.15) is 0 Å². The first-order valence-electron chi connectivity index (χ1n) is 7.51. The Bertz CT molecular complexity index is 640. The van der Waals surface area contributed by atoms with E-state index in [0.29, 0.717) is 11.9 Å². The lowest BCUT2D eigenvalue weighted by molar-refractivity contribution is 0.284. The summed E-state index contributed by atoms with van der Waals surface area (Å²) in [6.45, 7) is 3.02. The molecule has 0 saturated carbocycles. The molecular formula is C16H22N2O2S. The van der Waals surface area contributed by atoms with Crippen molar-refractivity contribution in [3.8, 4) is 0 Å².